The number of hydrogen-bond donors (Lipinski definition) is 1. The Morgan fingerprint density at radius 1 is 1.48 bits per heavy atom. The summed E-state index contributed by atoms with van der Waals surface area (Å²) in [7, 11) is -1.47. The first-order valence-electron chi connectivity index (χ1n) is 6.76. The lowest BCUT2D eigenvalue weighted by atomic mass is 10.1. The minimum atomic E-state index is -3.36. The van der Waals surface area contributed by atoms with Gasteiger partial charge in [-0.2, -0.15) is 0 Å². The molecular formula is C14H19ClN2O3S. The smallest absolute Gasteiger partial charge is 0.255 e. The minimum Gasteiger partial charge on any atom is -0.338 e. The molecule has 0 spiro atoms. The van der Waals surface area contributed by atoms with Gasteiger partial charge in [0.05, 0.1) is 15.5 Å². The lowest BCUT2D eigenvalue weighted by Gasteiger charge is -2.18. The van der Waals surface area contributed by atoms with E-state index in [4.69, 9.17) is 11.6 Å². The molecule has 0 radical (unpaired) electrons. The summed E-state index contributed by atoms with van der Waals surface area (Å²) >= 11 is 6.06. The first-order valence-corrected chi connectivity index (χ1v) is 9.03. The van der Waals surface area contributed by atoms with Crippen LogP contribution in [0.15, 0.2) is 23.1 Å². The Hall–Kier alpha value is -1.11. The monoisotopic (exact) mass is 330 g/mol. The van der Waals surface area contributed by atoms with Crippen LogP contribution in [0.3, 0.4) is 0 Å². The molecule has 0 aliphatic carbocycles. The van der Waals surface area contributed by atoms with Gasteiger partial charge in [-0.25, -0.2) is 8.42 Å². The van der Waals surface area contributed by atoms with Crippen molar-refractivity contribution in [2.75, 3.05) is 32.9 Å². The number of likely N-dealkylation sites (tertiary alicyclic amines) is 1. The van der Waals surface area contributed by atoms with Crippen molar-refractivity contribution < 1.29 is 13.2 Å². The lowest BCUT2D eigenvalue weighted by molar-refractivity contribution is 0.0787. The van der Waals surface area contributed by atoms with Crippen molar-refractivity contribution in [2.24, 2.45) is 5.92 Å². The molecule has 1 amide bonds. The topological polar surface area (TPSA) is 66.5 Å². The van der Waals surface area contributed by atoms with Crippen molar-refractivity contribution in [3.63, 3.8) is 0 Å². The number of carbonyl (C=O) groups is 1. The molecular weight excluding hydrogens is 312 g/mol. The highest BCUT2D eigenvalue weighted by Gasteiger charge is 2.28. The Morgan fingerprint density at radius 2 is 2.19 bits per heavy atom. The van der Waals surface area contributed by atoms with Crippen LogP contribution in [0.2, 0.25) is 5.02 Å². The predicted molar refractivity (Wildman–Crippen MR) is 82.5 cm³/mol. The Balaban J connectivity index is 2.24. The Morgan fingerprint density at radius 3 is 2.81 bits per heavy atom. The van der Waals surface area contributed by atoms with Crippen molar-refractivity contribution in [1.82, 2.24) is 10.2 Å². The van der Waals surface area contributed by atoms with E-state index in [0.717, 1.165) is 19.2 Å². The van der Waals surface area contributed by atoms with Gasteiger partial charge in [0.1, 0.15) is 0 Å². The highest BCUT2D eigenvalue weighted by molar-refractivity contribution is 7.90. The summed E-state index contributed by atoms with van der Waals surface area (Å²) in [6.07, 6.45) is 2.05. The standard InChI is InChI=1S/C14H19ClN2O3S/c1-16-8-10-5-6-17(9-10)14(18)12-7-11(21(2,19)20)3-4-13(12)15/h3-4,7,10,16H,5-6,8-9H2,1-2H3/t10-/m1/s1. The molecule has 1 aliphatic heterocycles. The van der Waals surface area contributed by atoms with Crippen LogP contribution >= 0.6 is 11.6 Å². The molecule has 7 heteroatoms. The van der Waals surface area contributed by atoms with Gasteiger partial charge < -0.3 is 10.2 Å². The first-order chi connectivity index (χ1) is 9.82. The molecule has 1 fully saturated rings. The van der Waals surface area contributed by atoms with Gasteiger partial charge in [-0.05, 0) is 44.1 Å². The average molecular weight is 331 g/mol. The van der Waals surface area contributed by atoms with Crippen molar-refractivity contribution >= 4 is 27.3 Å². The third kappa shape index (κ3) is 3.75. The van der Waals surface area contributed by atoms with E-state index in [1.54, 1.807) is 4.90 Å². The SMILES string of the molecule is CNC[C@H]1CCN(C(=O)c2cc(S(C)(=O)=O)ccc2Cl)C1. The quantitative estimate of drug-likeness (QED) is 0.907. The van der Waals surface area contributed by atoms with E-state index < -0.39 is 9.84 Å². The van der Waals surface area contributed by atoms with Crippen LogP contribution in [0.25, 0.3) is 0 Å². The number of nitrogens with zero attached hydrogens (tertiary/aromatic N) is 1. The van der Waals surface area contributed by atoms with Crippen LogP contribution in [-0.2, 0) is 9.84 Å². The van der Waals surface area contributed by atoms with Crippen LogP contribution in [0.4, 0.5) is 0 Å². The molecule has 1 saturated heterocycles. The molecule has 116 valence electrons. The number of sulfone groups is 1. The number of halogens is 1. The minimum absolute atomic E-state index is 0.112. The van der Waals surface area contributed by atoms with Crippen LogP contribution in [0.5, 0.6) is 0 Å². The number of rotatable bonds is 4. The predicted octanol–water partition coefficient (Wildman–Crippen LogP) is 1.43. The molecule has 0 bridgehead atoms. The number of nitrogens with one attached hydrogen (secondary N) is 1. The zero-order valence-electron chi connectivity index (χ0n) is 12.1. The molecule has 0 aromatic heterocycles. The zero-order chi connectivity index (χ0) is 15.6. The normalized spacial score (nSPS) is 19.0. The highest BCUT2D eigenvalue weighted by atomic mass is 35.5. The van der Waals surface area contributed by atoms with E-state index in [1.165, 1.54) is 18.2 Å². The van der Waals surface area contributed by atoms with E-state index in [-0.39, 0.29) is 21.4 Å². The van der Waals surface area contributed by atoms with Gasteiger partial charge in [0, 0.05) is 19.3 Å². The van der Waals surface area contributed by atoms with Gasteiger partial charge in [-0.15, -0.1) is 0 Å². The van der Waals surface area contributed by atoms with E-state index in [1.807, 2.05) is 7.05 Å². The molecule has 1 aromatic carbocycles. The summed E-state index contributed by atoms with van der Waals surface area (Å²) in [6, 6.07) is 4.25. The first kappa shape index (κ1) is 16.3. The molecule has 21 heavy (non-hydrogen) atoms. The fraction of sp³-hybridized carbons (Fsp3) is 0.500. The van der Waals surface area contributed by atoms with Gasteiger partial charge in [-0.3, -0.25) is 4.79 Å². The molecule has 2 rings (SSSR count). The third-order valence-corrected chi connectivity index (χ3v) is 5.10. The van der Waals surface area contributed by atoms with Crippen molar-refractivity contribution in [2.45, 2.75) is 11.3 Å². The van der Waals surface area contributed by atoms with Crippen molar-refractivity contribution in [3.8, 4) is 0 Å². The van der Waals surface area contributed by atoms with Crippen molar-refractivity contribution in [1.29, 1.82) is 0 Å². The molecule has 1 atom stereocenters. The molecule has 1 aliphatic rings. The maximum Gasteiger partial charge on any atom is 0.255 e. The number of hydrogen-bond acceptors (Lipinski definition) is 4. The van der Waals surface area contributed by atoms with Crippen molar-refractivity contribution in [3.05, 3.63) is 28.8 Å². The lowest BCUT2D eigenvalue weighted by Crippen LogP contribution is -2.30. The summed E-state index contributed by atoms with van der Waals surface area (Å²) in [5.74, 6) is 0.222. The molecule has 5 nitrogen and oxygen atoms in total. The second-order valence-electron chi connectivity index (χ2n) is 5.38. The van der Waals surface area contributed by atoms with E-state index in [0.29, 0.717) is 19.0 Å². The Bertz CT molecular complexity index is 646. The molecule has 1 N–H and O–H groups in total. The maximum atomic E-state index is 12.5. The van der Waals surface area contributed by atoms with Gasteiger partial charge in [-0.1, -0.05) is 11.6 Å². The fourth-order valence-corrected chi connectivity index (χ4v) is 3.39. The maximum absolute atomic E-state index is 12.5. The van der Waals surface area contributed by atoms with Gasteiger partial charge in [0.25, 0.3) is 5.91 Å². The molecule has 1 heterocycles. The fourth-order valence-electron chi connectivity index (χ4n) is 2.54. The molecule has 0 saturated carbocycles. The summed E-state index contributed by atoms with van der Waals surface area (Å²) in [5, 5.41) is 3.39. The third-order valence-electron chi connectivity index (χ3n) is 3.66. The molecule has 1 aromatic rings. The van der Waals surface area contributed by atoms with E-state index >= 15 is 0 Å². The number of benzene rings is 1. The molecule has 0 unspecified atom stereocenters. The second-order valence-corrected chi connectivity index (χ2v) is 7.80. The summed E-state index contributed by atoms with van der Waals surface area (Å²) in [5.41, 5.74) is 0.254. The summed E-state index contributed by atoms with van der Waals surface area (Å²) < 4.78 is 23.2. The van der Waals surface area contributed by atoms with Gasteiger partial charge >= 0.3 is 0 Å². The second kappa shape index (κ2) is 6.34. The Kier molecular flexibility index (Phi) is 4.91. The highest BCUT2D eigenvalue weighted by Crippen LogP contribution is 2.25. The van der Waals surface area contributed by atoms with Crippen LogP contribution in [0, 0.1) is 5.92 Å². The number of amides is 1. The summed E-state index contributed by atoms with van der Waals surface area (Å²) in [4.78, 5) is 14.4. The van der Waals surface area contributed by atoms with Gasteiger partial charge in [0.15, 0.2) is 9.84 Å². The zero-order valence-corrected chi connectivity index (χ0v) is 13.7. The Labute approximate surface area is 130 Å². The van der Waals surface area contributed by atoms with Gasteiger partial charge in [0.2, 0.25) is 0 Å². The van der Waals surface area contributed by atoms with E-state index in [9.17, 15) is 13.2 Å². The van der Waals surface area contributed by atoms with E-state index in [2.05, 4.69) is 5.32 Å². The van der Waals surface area contributed by atoms with Crippen LogP contribution < -0.4 is 5.32 Å². The van der Waals surface area contributed by atoms with Crippen LogP contribution in [0.1, 0.15) is 16.8 Å². The summed E-state index contributed by atoms with van der Waals surface area (Å²) in [6.45, 7) is 2.20. The van der Waals surface area contributed by atoms with Crippen LogP contribution in [-0.4, -0.2) is 52.2 Å². The largest absolute Gasteiger partial charge is 0.338 e. The number of carbonyl (C=O) groups excluding carboxylic acids is 1. The average Bonchev–Trinajstić information content (AvgIpc) is 2.86.